The smallest absolute Gasteiger partial charge is 0.416 e. The molecule has 4 aromatic rings. The minimum absolute atomic E-state index is 0.0298. The number of carbonyl (C=O) groups is 2. The second-order valence-electron chi connectivity index (χ2n) is 17.5. The molecule has 14 nitrogen and oxygen atoms in total. The third-order valence-corrected chi connectivity index (χ3v) is 14.5. The average Bonchev–Trinajstić information content (AvgIpc) is 3.74. The molecule has 4 atom stereocenters. The Morgan fingerprint density at radius 2 is 1.77 bits per heavy atom. The first-order valence-corrected chi connectivity index (χ1v) is 24.9. The maximum atomic E-state index is 13.4. The van der Waals surface area contributed by atoms with E-state index in [0.717, 1.165) is 34.4 Å². The summed E-state index contributed by atoms with van der Waals surface area (Å²) in [5.74, 6) is 0.0425. The van der Waals surface area contributed by atoms with Crippen molar-refractivity contribution >= 4 is 46.6 Å². The van der Waals surface area contributed by atoms with E-state index in [1.807, 2.05) is 11.4 Å². The molecule has 19 heteroatoms. The van der Waals surface area contributed by atoms with Gasteiger partial charge in [0.1, 0.15) is 17.1 Å². The molecule has 3 heterocycles. The highest BCUT2D eigenvalue weighted by molar-refractivity contribution is 7.59. The number of nitrogens with zero attached hydrogens (tertiary/aromatic N) is 2. The zero-order valence-corrected chi connectivity index (χ0v) is 40.6. The predicted molar refractivity (Wildman–Crippen MR) is 255 cm³/mol. The van der Waals surface area contributed by atoms with Crippen molar-refractivity contribution in [2.45, 2.75) is 115 Å². The molecule has 2 amide bonds. The van der Waals surface area contributed by atoms with E-state index in [-0.39, 0.29) is 29.9 Å². The van der Waals surface area contributed by atoms with Crippen molar-refractivity contribution in [3.63, 3.8) is 0 Å². The summed E-state index contributed by atoms with van der Waals surface area (Å²) in [4.78, 5) is 57.7. The number of carbonyl (C=O) groups excluding carboxylic acids is 2. The third-order valence-electron chi connectivity index (χ3n) is 11.0. The van der Waals surface area contributed by atoms with Crippen LogP contribution in [0.2, 0.25) is 0 Å². The van der Waals surface area contributed by atoms with Crippen LogP contribution in [0, 0.1) is 11.8 Å². The van der Waals surface area contributed by atoms with Crippen LogP contribution in [-0.4, -0.2) is 94.2 Å². The molecule has 2 saturated carbocycles. The Balaban J connectivity index is 0.000000245. The molecule has 66 heavy (non-hydrogen) atoms. The number of benzene rings is 2. The van der Waals surface area contributed by atoms with Gasteiger partial charge in [-0.15, -0.1) is 17.9 Å². The Bertz CT molecular complexity index is 2330. The van der Waals surface area contributed by atoms with Gasteiger partial charge in [0, 0.05) is 48.5 Å². The molecular weight excluding hydrogens is 897 g/mol. The van der Waals surface area contributed by atoms with E-state index < -0.39 is 55.1 Å². The molecule has 6 N–H and O–H groups in total. The number of halogens is 3. The first-order valence-electron chi connectivity index (χ1n) is 22.2. The number of amides is 2. The zero-order valence-electron chi connectivity index (χ0n) is 38.9. The molecule has 2 aromatic heterocycles. The molecule has 1 aliphatic heterocycles. The predicted octanol–water partition coefficient (Wildman–Crippen LogP) is 8.74. The maximum Gasteiger partial charge on any atom is 0.416 e. The van der Waals surface area contributed by atoms with Crippen LogP contribution in [-0.2, 0) is 31.2 Å². The largest absolute Gasteiger partial charge is 0.497 e. The summed E-state index contributed by atoms with van der Waals surface area (Å²) in [5.41, 5.74) is 1.29. The highest BCUT2D eigenvalue weighted by Crippen LogP contribution is 2.70. The van der Waals surface area contributed by atoms with Crippen LogP contribution in [0.1, 0.15) is 90.7 Å². The molecule has 3 fully saturated rings. The molecule has 2 aromatic carbocycles. The van der Waals surface area contributed by atoms with Crippen LogP contribution in [0.5, 0.6) is 5.75 Å². The molecule has 3 aliphatic rings. The maximum absolute atomic E-state index is 13.4. The number of hydrogen-bond acceptors (Lipinski definition) is 11. The molecule has 364 valence electrons. The van der Waals surface area contributed by atoms with Gasteiger partial charge in [0.05, 0.1) is 55.1 Å². The average molecular weight is 963 g/mol. The highest BCUT2D eigenvalue weighted by atomic mass is 32.1. The molecule has 0 spiro atoms. The molecule has 1 saturated heterocycles. The monoisotopic (exact) mass is 962 g/mol. The number of ether oxygens (including phenoxy) is 2. The Morgan fingerprint density at radius 1 is 1.08 bits per heavy atom. The lowest BCUT2D eigenvalue weighted by atomic mass is 10.1. The van der Waals surface area contributed by atoms with Gasteiger partial charge in [-0.3, -0.25) is 24.3 Å². The van der Waals surface area contributed by atoms with Crippen molar-refractivity contribution < 1.29 is 46.8 Å². The van der Waals surface area contributed by atoms with Gasteiger partial charge in [-0.2, -0.15) is 13.2 Å². The van der Waals surface area contributed by atoms with Gasteiger partial charge in [-0.25, -0.2) is 4.98 Å². The van der Waals surface area contributed by atoms with E-state index in [0.29, 0.717) is 48.4 Å². The number of fused-ring (bicyclic) bond motifs is 1. The number of likely N-dealkylation sites (tertiary alicyclic amines) is 1. The van der Waals surface area contributed by atoms with Gasteiger partial charge in [0.2, 0.25) is 19.2 Å². The number of aliphatic hydroxyl groups is 1. The summed E-state index contributed by atoms with van der Waals surface area (Å²) in [6.07, 6.45) is 3.30. The van der Waals surface area contributed by atoms with Crippen LogP contribution in [0.15, 0.2) is 71.4 Å². The number of aromatic amines is 1. The fraction of sp³-hybridized carbons (Fsp3) is 0.532. The lowest BCUT2D eigenvalue weighted by molar-refractivity contribution is -0.138. The Morgan fingerprint density at radius 3 is 2.35 bits per heavy atom. The lowest BCUT2D eigenvalue weighted by Crippen LogP contribution is -2.51. The van der Waals surface area contributed by atoms with Crippen LogP contribution < -0.4 is 26.1 Å². The van der Waals surface area contributed by atoms with Gasteiger partial charge in [-0.05, 0) is 75.6 Å². The van der Waals surface area contributed by atoms with Crippen LogP contribution >= 0.6 is 18.7 Å². The summed E-state index contributed by atoms with van der Waals surface area (Å²) < 4.78 is 62.8. The topological polar surface area (TPSA) is 195 Å². The number of hydrogen-bond donors (Lipinski definition) is 6. The molecule has 0 radical (unpaired) electrons. The SMILES string of the molecule is C=CC1C[C@]1(NC(=O)C1CCCN1C(=O)CNCO)P(=O)(O)Cc1cccc(C(F)(F)F)c1.CC(C)C.COC1CCCC1.COc1ccc2c(=O)cc(-c3csc(NC(C)C)n3)[nH]c2c1. The fourth-order valence-electron chi connectivity index (χ4n) is 7.65. The summed E-state index contributed by atoms with van der Waals surface area (Å²) in [6, 6.07) is 10.7. The van der Waals surface area contributed by atoms with Gasteiger partial charge in [0.25, 0.3) is 0 Å². The fourth-order valence-corrected chi connectivity index (χ4v) is 10.9. The second kappa shape index (κ2) is 24.4. The Hall–Kier alpha value is -4.58. The van der Waals surface area contributed by atoms with Gasteiger partial charge >= 0.3 is 6.18 Å². The number of H-pyrrole nitrogens is 1. The van der Waals surface area contributed by atoms with Crippen molar-refractivity contribution in [1.29, 1.82) is 0 Å². The summed E-state index contributed by atoms with van der Waals surface area (Å²) in [7, 11) is -0.819. The first kappa shape index (κ1) is 54.0. The minimum Gasteiger partial charge on any atom is -0.497 e. The molecule has 0 bridgehead atoms. The van der Waals surface area contributed by atoms with Crippen molar-refractivity contribution in [3.8, 4) is 17.1 Å². The van der Waals surface area contributed by atoms with Gasteiger partial charge < -0.3 is 40.0 Å². The molecule has 2 aliphatic carbocycles. The quantitative estimate of drug-likeness (QED) is 0.0402. The number of rotatable bonds is 14. The molecule has 3 unspecified atom stereocenters. The number of methoxy groups -OCH3 is 2. The number of anilines is 1. The number of pyridine rings is 1. The van der Waals surface area contributed by atoms with Crippen LogP contribution in [0.25, 0.3) is 22.3 Å². The summed E-state index contributed by atoms with van der Waals surface area (Å²) in [5, 5.41) is 19.1. The van der Waals surface area contributed by atoms with Gasteiger partial charge in [0.15, 0.2) is 10.6 Å². The van der Waals surface area contributed by atoms with E-state index in [2.05, 4.69) is 67.1 Å². The second-order valence-corrected chi connectivity index (χ2v) is 20.9. The zero-order chi connectivity index (χ0) is 48.8. The van der Waals surface area contributed by atoms with E-state index >= 15 is 0 Å². The molecular formula is C47H66F3N6O8PS. The first-order chi connectivity index (χ1) is 31.2. The van der Waals surface area contributed by atoms with Crippen molar-refractivity contribution in [2.24, 2.45) is 11.8 Å². The summed E-state index contributed by atoms with van der Waals surface area (Å²) >= 11 is 1.52. The minimum atomic E-state index is -4.59. The number of aromatic nitrogens is 2. The Kier molecular flexibility index (Phi) is 20.0. The van der Waals surface area contributed by atoms with Crippen LogP contribution in [0.3, 0.4) is 0 Å². The number of thiazole rings is 1. The number of nitrogens with one attached hydrogen (secondary N) is 4. The van der Waals surface area contributed by atoms with E-state index in [9.17, 15) is 37.0 Å². The Labute approximate surface area is 389 Å². The number of alkyl halides is 3. The van der Waals surface area contributed by atoms with Crippen molar-refractivity contribution in [3.05, 3.63) is 87.9 Å². The standard InChI is InChI=1S/C21H27F3N3O5P.C16H17N3O2S.C6H12O.C4H10/c1-2-15-10-20(15,26-19(30)17-7-4-8-27(17)18(29)11-25-13-28)33(31,32)12-14-5-3-6-16(9-14)21(22,23)24;1-9(2)17-16-19-14(8-22-16)13-7-15(20)11-5-4-10(21-3)6-12(11)18-13;1-7-6-4-2-3-5-6;1-4(2)3/h2-3,5-6,9,15,17,25,28H,1,4,7-8,10-13H2,(H,26,30)(H,31,32);4-9H,1-3H3,(H,17,19)(H,18,20);6H,2-5H2,1H3;4H,1-3H3/t15?,17?,20-;;;/m0.../s1. The van der Waals surface area contributed by atoms with E-state index in [1.54, 1.807) is 32.4 Å². The molecule has 7 rings (SSSR count). The number of aliphatic hydroxyl groups excluding tert-OH is 1. The van der Waals surface area contributed by atoms with E-state index in [4.69, 9.17) is 14.6 Å². The third kappa shape index (κ3) is 15.0. The van der Waals surface area contributed by atoms with Gasteiger partial charge in [-0.1, -0.05) is 57.9 Å². The van der Waals surface area contributed by atoms with Crippen LogP contribution in [0.4, 0.5) is 18.3 Å². The lowest BCUT2D eigenvalue weighted by Gasteiger charge is -2.29. The highest BCUT2D eigenvalue weighted by Gasteiger charge is 2.65. The van der Waals surface area contributed by atoms with E-state index in [1.165, 1.54) is 60.1 Å². The van der Waals surface area contributed by atoms with Crippen molar-refractivity contribution in [2.75, 3.05) is 39.4 Å². The van der Waals surface area contributed by atoms with Crippen molar-refractivity contribution in [1.82, 2.24) is 25.5 Å². The summed E-state index contributed by atoms with van der Waals surface area (Å²) in [6.45, 7) is 14.0. The normalized spacial score (nSPS) is 20.0.